The average Bonchev–Trinajstić information content (AvgIpc) is 3.35. The summed E-state index contributed by atoms with van der Waals surface area (Å²) in [6.45, 7) is 1.63. The molecular weight excluding hydrogens is 427 g/mol. The summed E-state index contributed by atoms with van der Waals surface area (Å²) in [7, 11) is -3.35. The molecular formula is C20H15FN4O5S. The van der Waals surface area contributed by atoms with E-state index in [1.54, 1.807) is 6.92 Å². The molecule has 4 rings (SSSR count). The maximum Gasteiger partial charge on any atom is 0.302 e. The van der Waals surface area contributed by atoms with E-state index in [1.807, 2.05) is 0 Å². The van der Waals surface area contributed by atoms with E-state index in [2.05, 4.69) is 20.3 Å². The number of benzene rings is 1. The van der Waals surface area contributed by atoms with Gasteiger partial charge < -0.3 is 8.83 Å². The molecule has 4 aromatic rings. The van der Waals surface area contributed by atoms with Crippen LogP contribution < -0.4 is 5.32 Å². The predicted molar refractivity (Wildman–Crippen MR) is 107 cm³/mol. The minimum absolute atomic E-state index is 0.0987. The van der Waals surface area contributed by atoms with Crippen molar-refractivity contribution in [3.05, 3.63) is 66.3 Å². The van der Waals surface area contributed by atoms with Crippen molar-refractivity contribution in [3.63, 3.8) is 0 Å². The summed E-state index contributed by atoms with van der Waals surface area (Å²) in [5.74, 6) is -0.881. The van der Waals surface area contributed by atoms with Gasteiger partial charge in [-0.3, -0.25) is 15.1 Å². The number of halogens is 1. The number of nitrogens with zero attached hydrogens (tertiary/aromatic N) is 3. The quantitative estimate of drug-likeness (QED) is 0.497. The number of amides is 1. The Hall–Kier alpha value is -3.86. The summed E-state index contributed by atoms with van der Waals surface area (Å²) in [5.41, 5.74) is 1.45. The number of aryl methyl sites for hydroxylation is 1. The lowest BCUT2D eigenvalue weighted by Gasteiger charge is -2.03. The number of hydrogen-bond donors (Lipinski definition) is 1. The molecule has 11 heteroatoms. The standard InChI is InChI=1S/C20H15FN4O5S/c1-11-16(15-8-5-13(21)9-22-15)24-20(30-11)25-19(26)18-17(23-10-29-18)12-3-6-14(7-4-12)31(2,27)28/h3-10H,1-2H3,(H,24,25,26). The summed E-state index contributed by atoms with van der Waals surface area (Å²) < 4.78 is 47.0. The number of sulfone groups is 1. The monoisotopic (exact) mass is 442 g/mol. The third-order valence-electron chi connectivity index (χ3n) is 4.32. The molecule has 158 valence electrons. The fraction of sp³-hybridized carbons (Fsp3) is 0.100. The summed E-state index contributed by atoms with van der Waals surface area (Å²) in [4.78, 5) is 25.0. The molecule has 9 nitrogen and oxygen atoms in total. The minimum Gasteiger partial charge on any atom is -0.438 e. The molecule has 1 amide bonds. The van der Waals surface area contributed by atoms with Crippen LogP contribution in [0.1, 0.15) is 16.3 Å². The van der Waals surface area contributed by atoms with E-state index < -0.39 is 21.6 Å². The Kier molecular flexibility index (Phi) is 5.11. The molecule has 0 aliphatic carbocycles. The topological polar surface area (TPSA) is 128 Å². The van der Waals surface area contributed by atoms with Gasteiger partial charge in [-0.15, -0.1) is 0 Å². The third-order valence-corrected chi connectivity index (χ3v) is 5.45. The summed E-state index contributed by atoms with van der Waals surface area (Å²) in [6.07, 6.45) is 3.26. The van der Waals surface area contributed by atoms with Crippen LogP contribution in [0, 0.1) is 12.7 Å². The Bertz CT molecular complexity index is 1360. The molecule has 0 bridgehead atoms. The highest BCUT2D eigenvalue weighted by Crippen LogP contribution is 2.27. The molecule has 0 fully saturated rings. The van der Waals surface area contributed by atoms with E-state index in [9.17, 15) is 17.6 Å². The molecule has 1 aromatic carbocycles. The van der Waals surface area contributed by atoms with Crippen molar-refractivity contribution in [2.45, 2.75) is 11.8 Å². The second-order valence-electron chi connectivity index (χ2n) is 6.57. The third kappa shape index (κ3) is 4.21. The smallest absolute Gasteiger partial charge is 0.302 e. The Morgan fingerprint density at radius 3 is 2.45 bits per heavy atom. The van der Waals surface area contributed by atoms with Gasteiger partial charge in [0.2, 0.25) is 5.76 Å². The molecule has 0 spiro atoms. The van der Waals surface area contributed by atoms with E-state index >= 15 is 0 Å². The van der Waals surface area contributed by atoms with Gasteiger partial charge in [-0.05, 0) is 31.2 Å². The van der Waals surface area contributed by atoms with Gasteiger partial charge in [0.05, 0.1) is 16.8 Å². The van der Waals surface area contributed by atoms with Gasteiger partial charge in [-0.2, -0.15) is 4.98 Å². The second kappa shape index (κ2) is 7.76. The van der Waals surface area contributed by atoms with Crippen LogP contribution in [0.2, 0.25) is 0 Å². The van der Waals surface area contributed by atoms with Crippen LogP contribution in [0.15, 0.2) is 62.7 Å². The van der Waals surface area contributed by atoms with E-state index in [-0.39, 0.29) is 22.4 Å². The van der Waals surface area contributed by atoms with Crippen molar-refractivity contribution in [2.24, 2.45) is 0 Å². The lowest BCUT2D eigenvalue weighted by molar-refractivity contribution is 0.0994. The van der Waals surface area contributed by atoms with E-state index in [0.717, 1.165) is 18.8 Å². The normalized spacial score (nSPS) is 11.5. The number of carbonyl (C=O) groups is 1. The molecule has 0 radical (unpaired) electrons. The molecule has 0 aliphatic rings. The first-order valence-electron chi connectivity index (χ1n) is 8.87. The maximum absolute atomic E-state index is 13.1. The van der Waals surface area contributed by atoms with E-state index in [0.29, 0.717) is 22.7 Å². The molecule has 1 N–H and O–H groups in total. The van der Waals surface area contributed by atoms with Crippen LogP contribution in [0.5, 0.6) is 0 Å². The Labute approximate surface area is 175 Å². The van der Waals surface area contributed by atoms with Gasteiger partial charge in [0.15, 0.2) is 16.2 Å². The highest BCUT2D eigenvalue weighted by atomic mass is 32.2. The lowest BCUT2D eigenvalue weighted by atomic mass is 10.1. The molecule has 0 saturated carbocycles. The summed E-state index contributed by atoms with van der Waals surface area (Å²) in [6, 6.07) is 8.47. The zero-order valence-corrected chi connectivity index (χ0v) is 17.1. The summed E-state index contributed by atoms with van der Waals surface area (Å²) >= 11 is 0. The number of carbonyl (C=O) groups excluding carboxylic acids is 1. The predicted octanol–water partition coefficient (Wildman–Crippen LogP) is 3.49. The van der Waals surface area contributed by atoms with Gasteiger partial charge in [0.25, 0.3) is 5.91 Å². The number of rotatable bonds is 5. The van der Waals surface area contributed by atoms with Gasteiger partial charge in [0, 0.05) is 11.8 Å². The van der Waals surface area contributed by atoms with Gasteiger partial charge in [-0.25, -0.2) is 17.8 Å². The van der Waals surface area contributed by atoms with Gasteiger partial charge in [-0.1, -0.05) is 12.1 Å². The molecule has 0 saturated heterocycles. The first kappa shape index (κ1) is 20.4. The SMILES string of the molecule is Cc1oc(NC(=O)c2ocnc2-c2ccc(S(C)(=O)=O)cc2)nc1-c1ccc(F)cn1. The zero-order chi connectivity index (χ0) is 22.2. The van der Waals surface area contributed by atoms with Crippen LogP contribution in [0.4, 0.5) is 10.4 Å². The van der Waals surface area contributed by atoms with Crippen LogP contribution >= 0.6 is 0 Å². The molecule has 3 heterocycles. The van der Waals surface area contributed by atoms with Crippen LogP contribution in [0.3, 0.4) is 0 Å². The van der Waals surface area contributed by atoms with Crippen molar-refractivity contribution in [1.82, 2.24) is 15.0 Å². The van der Waals surface area contributed by atoms with E-state index in [1.165, 1.54) is 36.4 Å². The Balaban J connectivity index is 1.58. The maximum atomic E-state index is 13.1. The van der Waals surface area contributed by atoms with Crippen LogP contribution in [-0.2, 0) is 9.84 Å². The Morgan fingerprint density at radius 2 is 1.81 bits per heavy atom. The summed E-state index contributed by atoms with van der Waals surface area (Å²) in [5, 5.41) is 2.48. The lowest BCUT2D eigenvalue weighted by Crippen LogP contribution is -2.12. The van der Waals surface area contributed by atoms with E-state index in [4.69, 9.17) is 8.83 Å². The van der Waals surface area contributed by atoms with Crippen molar-refractivity contribution >= 4 is 21.8 Å². The molecule has 31 heavy (non-hydrogen) atoms. The molecule has 3 aromatic heterocycles. The number of oxazole rings is 2. The largest absolute Gasteiger partial charge is 0.438 e. The first-order valence-corrected chi connectivity index (χ1v) is 10.8. The highest BCUT2D eigenvalue weighted by Gasteiger charge is 2.22. The number of hydrogen-bond acceptors (Lipinski definition) is 8. The fourth-order valence-corrected chi connectivity index (χ4v) is 3.46. The molecule has 0 aliphatic heterocycles. The van der Waals surface area contributed by atoms with Crippen molar-refractivity contribution in [1.29, 1.82) is 0 Å². The average molecular weight is 442 g/mol. The Morgan fingerprint density at radius 1 is 1.06 bits per heavy atom. The van der Waals surface area contributed by atoms with Gasteiger partial charge in [0.1, 0.15) is 23.0 Å². The zero-order valence-electron chi connectivity index (χ0n) is 16.3. The van der Waals surface area contributed by atoms with Crippen molar-refractivity contribution in [3.8, 4) is 22.6 Å². The number of nitrogens with one attached hydrogen (secondary N) is 1. The molecule has 0 unspecified atom stereocenters. The van der Waals surface area contributed by atoms with Gasteiger partial charge >= 0.3 is 6.01 Å². The van der Waals surface area contributed by atoms with Crippen LogP contribution in [0.25, 0.3) is 22.6 Å². The second-order valence-corrected chi connectivity index (χ2v) is 8.58. The minimum atomic E-state index is -3.35. The molecule has 0 atom stereocenters. The number of pyridine rings is 1. The first-order chi connectivity index (χ1) is 14.7. The van der Waals surface area contributed by atoms with Crippen LogP contribution in [-0.4, -0.2) is 35.5 Å². The van der Waals surface area contributed by atoms with Crippen molar-refractivity contribution in [2.75, 3.05) is 11.6 Å². The van der Waals surface area contributed by atoms with Crippen molar-refractivity contribution < 1.29 is 26.4 Å². The fourth-order valence-electron chi connectivity index (χ4n) is 2.83. The highest BCUT2D eigenvalue weighted by molar-refractivity contribution is 7.90. The number of aromatic nitrogens is 3. The number of anilines is 1.